The molecule has 0 rings (SSSR count). The van der Waals surface area contributed by atoms with Crippen molar-refractivity contribution in [1.82, 2.24) is 5.32 Å². The maximum atomic E-state index is 9.00. The summed E-state index contributed by atoms with van der Waals surface area (Å²) in [5.74, 6) is -2.50. The van der Waals surface area contributed by atoms with E-state index in [0.29, 0.717) is 6.54 Å². The van der Waals surface area contributed by atoms with Crippen LogP contribution in [-0.4, -0.2) is 82.1 Å². The number of carbonyl (C=O) groups is 3. The Hall–Kier alpha value is -0.573. The molecule has 1 unspecified atom stereocenters. The van der Waals surface area contributed by atoms with Crippen LogP contribution in [0.5, 0.6) is 0 Å². The Bertz CT molecular complexity index is 330. The fraction of sp³-hybridized carbons (Fsp3) is 0.786. The summed E-state index contributed by atoms with van der Waals surface area (Å²) in [4.78, 5) is 27.0. The van der Waals surface area contributed by atoms with Crippen molar-refractivity contribution >= 4 is 26.7 Å². The molecule has 0 aromatic rings. The van der Waals surface area contributed by atoms with Gasteiger partial charge in [-0.15, -0.1) is 0 Å². The number of nitrogens with two attached hydrogens (primary N) is 1. The summed E-state index contributed by atoms with van der Waals surface area (Å²) < 4.78 is 16.1. The van der Waals surface area contributed by atoms with Crippen LogP contribution in [0.25, 0.3) is 0 Å². The molecule has 1 atom stereocenters. The second kappa shape index (κ2) is 25.4. The van der Waals surface area contributed by atoms with E-state index < -0.39 is 26.7 Å². The Kier molecular flexibility index (Phi) is 35.0. The van der Waals surface area contributed by atoms with E-state index in [2.05, 4.69) is 12.2 Å². The van der Waals surface area contributed by atoms with E-state index in [0.717, 1.165) is 33.7 Å². The summed E-state index contributed by atoms with van der Waals surface area (Å²) in [7, 11) is 2.30. The van der Waals surface area contributed by atoms with Crippen LogP contribution in [0.1, 0.15) is 35.5 Å². The van der Waals surface area contributed by atoms with Crippen LogP contribution in [0.2, 0.25) is 0 Å². The molecule has 0 radical (unpaired) electrons. The van der Waals surface area contributed by atoms with Crippen LogP contribution in [0.15, 0.2) is 0 Å². The Labute approximate surface area is 185 Å². The summed E-state index contributed by atoms with van der Waals surface area (Å²) in [5.41, 5.74) is 5.53. The normalized spacial score (nSPS) is 10.2. The first-order valence-corrected chi connectivity index (χ1v) is 9.38. The van der Waals surface area contributed by atoms with Crippen molar-refractivity contribution in [3.63, 3.8) is 0 Å². The van der Waals surface area contributed by atoms with Crippen molar-refractivity contribution in [2.75, 3.05) is 34.4 Å². The fourth-order valence-corrected chi connectivity index (χ4v) is 3.70. The maximum absolute atomic E-state index is 9.00. The Balaban J connectivity index is -0.0000000717. The van der Waals surface area contributed by atoms with Crippen LogP contribution in [0.3, 0.4) is 0 Å². The van der Waals surface area contributed by atoms with E-state index in [1.807, 2.05) is 0 Å². The zero-order valence-corrected chi connectivity index (χ0v) is 20.6. The molecular weight excluding hydrogens is 391 g/mol. The zero-order chi connectivity index (χ0) is 21.8. The molecule has 0 aliphatic heterocycles. The first-order valence-electron chi connectivity index (χ1n) is 7.57. The van der Waals surface area contributed by atoms with Crippen LogP contribution >= 0.6 is 0 Å². The Morgan fingerprint density at radius 1 is 0.963 bits per heavy atom. The Morgan fingerprint density at radius 2 is 1.22 bits per heavy atom. The van der Waals surface area contributed by atoms with Gasteiger partial charge in [0.15, 0.2) is 0 Å². The van der Waals surface area contributed by atoms with E-state index in [-0.39, 0.29) is 36.6 Å². The topological polar surface area (TPSA) is 178 Å². The van der Waals surface area contributed by atoms with E-state index in [1.165, 1.54) is 0 Å². The molecule has 13 heteroatoms. The number of carboxylic acid groups (broad SMARTS) is 3. The van der Waals surface area contributed by atoms with Crippen LogP contribution in [-0.2, 0) is 27.7 Å². The predicted octanol–water partition coefficient (Wildman–Crippen LogP) is -2.88. The van der Waals surface area contributed by atoms with Gasteiger partial charge < -0.3 is 41.1 Å². The fourth-order valence-electron chi connectivity index (χ4n) is 1.45. The summed E-state index contributed by atoms with van der Waals surface area (Å²) >= 11 is 0. The molecule has 27 heavy (non-hydrogen) atoms. The van der Waals surface area contributed by atoms with Crippen molar-refractivity contribution in [3.05, 3.63) is 0 Å². The van der Waals surface area contributed by atoms with E-state index in [4.69, 9.17) is 48.7 Å². The quantitative estimate of drug-likeness (QED) is 0.252. The van der Waals surface area contributed by atoms with E-state index in [1.54, 1.807) is 21.3 Å². The SMILES string of the molecule is CC(=O)O.CC(=O)O.CC(=O)O.CCC(NCCN)[Si](OC)(OC)OC.[H-].[Na+]. The molecule has 0 aromatic carbocycles. The van der Waals surface area contributed by atoms with E-state index >= 15 is 0 Å². The van der Waals surface area contributed by atoms with Crippen molar-refractivity contribution in [3.8, 4) is 0 Å². The van der Waals surface area contributed by atoms with Gasteiger partial charge in [-0.05, 0) is 6.42 Å². The first-order chi connectivity index (χ1) is 11.9. The molecule has 0 amide bonds. The third kappa shape index (κ3) is 33.4. The zero-order valence-electron chi connectivity index (χ0n) is 18.6. The van der Waals surface area contributed by atoms with Gasteiger partial charge in [0.1, 0.15) is 0 Å². The number of aliphatic carboxylic acids is 3. The van der Waals surface area contributed by atoms with Gasteiger partial charge in [0, 0.05) is 55.2 Å². The van der Waals surface area contributed by atoms with Crippen molar-refractivity contribution in [1.29, 1.82) is 0 Å². The number of rotatable bonds is 8. The van der Waals surface area contributed by atoms with Crippen LogP contribution in [0, 0.1) is 0 Å². The minimum absolute atomic E-state index is 0. The minimum Gasteiger partial charge on any atom is -1.00 e. The number of hydrogen-bond donors (Lipinski definition) is 5. The number of hydrogen-bond acceptors (Lipinski definition) is 8. The van der Waals surface area contributed by atoms with Crippen molar-refractivity contribution in [2.24, 2.45) is 5.73 Å². The molecule has 0 aliphatic rings. The molecule has 0 aromatic heterocycles. The Morgan fingerprint density at radius 3 is 1.37 bits per heavy atom. The second-order valence-electron chi connectivity index (χ2n) is 4.48. The summed E-state index contributed by atoms with van der Waals surface area (Å²) in [6, 6.07) is 0. The predicted molar refractivity (Wildman–Crippen MR) is 99.0 cm³/mol. The number of carboxylic acids is 3. The largest absolute Gasteiger partial charge is 1.00 e. The van der Waals surface area contributed by atoms with Gasteiger partial charge in [-0.2, -0.15) is 0 Å². The maximum Gasteiger partial charge on any atom is 1.00 e. The van der Waals surface area contributed by atoms with Gasteiger partial charge in [-0.25, -0.2) is 0 Å². The van der Waals surface area contributed by atoms with E-state index in [9.17, 15) is 0 Å². The smallest absolute Gasteiger partial charge is 1.00 e. The van der Waals surface area contributed by atoms with Gasteiger partial charge >= 0.3 is 38.4 Å². The van der Waals surface area contributed by atoms with Gasteiger partial charge in [-0.1, -0.05) is 6.92 Å². The summed E-state index contributed by atoms with van der Waals surface area (Å²) in [5, 5.41) is 25.5. The average Bonchev–Trinajstić information content (AvgIpc) is 2.50. The van der Waals surface area contributed by atoms with Crippen LogP contribution in [0.4, 0.5) is 0 Å². The molecule has 0 fully saturated rings. The van der Waals surface area contributed by atoms with Crippen molar-refractivity contribution in [2.45, 2.75) is 39.8 Å². The molecule has 0 heterocycles. The molecule has 0 bridgehead atoms. The number of nitrogens with one attached hydrogen (secondary N) is 1. The van der Waals surface area contributed by atoms with Crippen molar-refractivity contribution < 1.29 is 74.0 Å². The molecule has 6 N–H and O–H groups in total. The third-order valence-corrected chi connectivity index (χ3v) is 5.40. The van der Waals surface area contributed by atoms with Gasteiger partial charge in [0.25, 0.3) is 17.9 Å². The molecule has 0 aliphatic carbocycles. The molecule has 11 nitrogen and oxygen atoms in total. The molecule has 0 saturated heterocycles. The molecule has 160 valence electrons. The summed E-state index contributed by atoms with van der Waals surface area (Å²) in [6.45, 7) is 6.65. The minimum atomic E-state index is -2.55. The third-order valence-electron chi connectivity index (χ3n) is 2.22. The first kappa shape index (κ1) is 37.2. The van der Waals surface area contributed by atoms with Crippen LogP contribution < -0.4 is 40.6 Å². The van der Waals surface area contributed by atoms with Gasteiger partial charge in [0.05, 0.1) is 5.67 Å². The summed E-state index contributed by atoms with van der Waals surface area (Å²) in [6.07, 6.45) is 0.891. The average molecular weight is 427 g/mol. The monoisotopic (exact) mass is 426 g/mol. The molecular formula is C14H35N2NaO9Si. The second-order valence-corrected chi connectivity index (χ2v) is 7.61. The molecule has 0 saturated carbocycles. The van der Waals surface area contributed by atoms with Gasteiger partial charge in [0.2, 0.25) is 0 Å². The van der Waals surface area contributed by atoms with Gasteiger partial charge in [-0.3, -0.25) is 14.4 Å². The standard InChI is InChI=1S/C8H22N2O3Si.3C2H4O2.Na.H/c1-5-8(10-7-6-9)14(11-2,12-3)13-4;3*1-2(3)4;;/h8,10H,5-7,9H2,1-4H3;3*1H3,(H,3,4);;/q;;;;+1;-1. The molecule has 0 spiro atoms.